The van der Waals surface area contributed by atoms with Crippen molar-refractivity contribution in [1.82, 2.24) is 0 Å². The molecule has 1 rings (SSSR count). The van der Waals surface area contributed by atoms with Crippen LogP contribution >= 0.6 is 12.4 Å². The molecule has 16 heavy (non-hydrogen) atoms. The van der Waals surface area contributed by atoms with E-state index in [9.17, 15) is 9.18 Å². The Bertz CT molecular complexity index is 369. The normalized spacial score (nSPS) is 11.5. The first-order valence-electron chi connectivity index (χ1n) is 4.80. The van der Waals surface area contributed by atoms with Crippen LogP contribution in [-0.2, 0) is 4.79 Å². The molecule has 3 N–H and O–H groups in total. The molecule has 3 nitrogen and oxygen atoms in total. The maximum absolute atomic E-state index is 13.3. The summed E-state index contributed by atoms with van der Waals surface area (Å²) in [5.41, 5.74) is 6.47. The summed E-state index contributed by atoms with van der Waals surface area (Å²) in [5.74, 6) is -0.694. The van der Waals surface area contributed by atoms with Gasteiger partial charge >= 0.3 is 0 Å². The number of halogens is 2. The molecule has 90 valence electrons. The molecule has 1 amide bonds. The van der Waals surface area contributed by atoms with Crippen LogP contribution in [0.1, 0.15) is 18.9 Å². The maximum atomic E-state index is 13.3. The van der Waals surface area contributed by atoms with Crippen molar-refractivity contribution < 1.29 is 9.18 Å². The van der Waals surface area contributed by atoms with Crippen molar-refractivity contribution in [3.63, 3.8) is 0 Å². The second-order valence-electron chi connectivity index (χ2n) is 3.71. The number of benzene rings is 1. The van der Waals surface area contributed by atoms with E-state index >= 15 is 0 Å². The fraction of sp³-hybridized carbons (Fsp3) is 0.364. The molecule has 0 saturated heterocycles. The highest BCUT2D eigenvalue weighted by atomic mass is 35.5. The number of rotatable bonds is 3. The predicted octanol–water partition coefficient (Wildman–Crippen LogP) is 2.23. The third kappa shape index (κ3) is 4.59. The van der Waals surface area contributed by atoms with Crippen LogP contribution in [0.2, 0.25) is 0 Å². The molecule has 0 aromatic heterocycles. The van der Waals surface area contributed by atoms with Gasteiger partial charge in [-0.2, -0.15) is 0 Å². The molecule has 5 heteroatoms. The molecule has 0 heterocycles. The molecule has 1 unspecified atom stereocenters. The van der Waals surface area contributed by atoms with Gasteiger partial charge in [-0.05, 0) is 31.5 Å². The molecule has 1 aromatic carbocycles. The van der Waals surface area contributed by atoms with Gasteiger partial charge in [-0.25, -0.2) is 4.39 Å². The maximum Gasteiger partial charge on any atom is 0.225 e. The molecule has 0 aliphatic rings. The summed E-state index contributed by atoms with van der Waals surface area (Å²) in [6, 6.07) is 4.44. The van der Waals surface area contributed by atoms with Gasteiger partial charge in [-0.15, -0.1) is 12.4 Å². The largest absolute Gasteiger partial charge is 0.327 e. The molecule has 0 saturated carbocycles. The Balaban J connectivity index is 0.00000225. The average molecular weight is 247 g/mol. The Morgan fingerprint density at radius 1 is 1.56 bits per heavy atom. The minimum atomic E-state index is -0.423. The molecule has 1 aromatic rings. The summed E-state index contributed by atoms with van der Waals surface area (Å²) >= 11 is 0. The Morgan fingerprint density at radius 2 is 2.19 bits per heavy atom. The minimum absolute atomic E-state index is 0. The number of aryl methyl sites for hydroxylation is 1. The van der Waals surface area contributed by atoms with Crippen LogP contribution in [0, 0.1) is 12.7 Å². The summed E-state index contributed by atoms with van der Waals surface area (Å²) in [4.78, 5) is 11.3. The first-order valence-corrected chi connectivity index (χ1v) is 4.80. The summed E-state index contributed by atoms with van der Waals surface area (Å²) in [5, 5.41) is 2.47. The van der Waals surface area contributed by atoms with E-state index < -0.39 is 5.82 Å². The fourth-order valence-corrected chi connectivity index (χ4v) is 1.22. The van der Waals surface area contributed by atoms with Gasteiger partial charge in [0.2, 0.25) is 5.91 Å². The number of anilines is 1. The number of hydrogen-bond donors (Lipinski definition) is 2. The van der Waals surface area contributed by atoms with E-state index in [1.54, 1.807) is 26.0 Å². The van der Waals surface area contributed by atoms with Gasteiger partial charge in [0.05, 0.1) is 5.69 Å². The lowest BCUT2D eigenvalue weighted by molar-refractivity contribution is -0.116. The Hall–Kier alpha value is -1.13. The van der Waals surface area contributed by atoms with Crippen LogP contribution in [0.25, 0.3) is 0 Å². The van der Waals surface area contributed by atoms with Crippen molar-refractivity contribution in [3.05, 3.63) is 29.6 Å². The van der Waals surface area contributed by atoms with Crippen LogP contribution < -0.4 is 11.1 Å². The minimum Gasteiger partial charge on any atom is -0.327 e. The molecule has 0 fully saturated rings. The Morgan fingerprint density at radius 3 is 2.69 bits per heavy atom. The van der Waals surface area contributed by atoms with E-state index in [1.165, 1.54) is 6.07 Å². The Kier molecular flexibility index (Phi) is 6.00. The quantitative estimate of drug-likeness (QED) is 0.859. The topological polar surface area (TPSA) is 55.1 Å². The van der Waals surface area contributed by atoms with E-state index in [1.807, 2.05) is 0 Å². The second kappa shape index (κ2) is 6.45. The summed E-state index contributed by atoms with van der Waals surface area (Å²) in [6.45, 7) is 3.52. The van der Waals surface area contributed by atoms with E-state index in [-0.39, 0.29) is 36.5 Å². The molecular formula is C11H16ClFN2O. The zero-order valence-corrected chi connectivity index (χ0v) is 10.1. The van der Waals surface area contributed by atoms with Crippen molar-refractivity contribution in [2.75, 3.05) is 5.32 Å². The fourth-order valence-electron chi connectivity index (χ4n) is 1.22. The molecule has 1 atom stereocenters. The summed E-state index contributed by atoms with van der Waals surface area (Å²) in [7, 11) is 0. The number of carbonyl (C=O) groups is 1. The van der Waals surface area contributed by atoms with Crippen molar-refractivity contribution in [1.29, 1.82) is 0 Å². The average Bonchev–Trinajstić information content (AvgIpc) is 2.08. The smallest absolute Gasteiger partial charge is 0.225 e. The zero-order chi connectivity index (χ0) is 11.4. The molecule has 0 bridgehead atoms. The van der Waals surface area contributed by atoms with E-state index in [2.05, 4.69) is 5.32 Å². The van der Waals surface area contributed by atoms with Crippen LogP contribution in [0.4, 0.5) is 10.1 Å². The SMILES string of the molecule is Cc1ccc(NC(=O)CC(C)N)c(F)c1.Cl. The standard InChI is InChI=1S/C11H15FN2O.ClH/c1-7-3-4-10(9(12)5-7)14-11(15)6-8(2)13;/h3-5,8H,6,13H2,1-2H3,(H,14,15);1H. The Labute approximate surface area is 101 Å². The predicted molar refractivity (Wildman–Crippen MR) is 65.3 cm³/mol. The highest BCUT2D eigenvalue weighted by Crippen LogP contribution is 2.15. The van der Waals surface area contributed by atoms with Crippen LogP contribution in [-0.4, -0.2) is 11.9 Å². The zero-order valence-electron chi connectivity index (χ0n) is 9.29. The van der Waals surface area contributed by atoms with E-state index in [0.717, 1.165) is 5.56 Å². The van der Waals surface area contributed by atoms with E-state index in [4.69, 9.17) is 5.73 Å². The highest BCUT2D eigenvalue weighted by Gasteiger charge is 2.08. The van der Waals surface area contributed by atoms with Gasteiger partial charge in [-0.3, -0.25) is 4.79 Å². The van der Waals surface area contributed by atoms with Crippen LogP contribution in [0.3, 0.4) is 0 Å². The molecule has 0 spiro atoms. The number of nitrogens with two attached hydrogens (primary N) is 1. The van der Waals surface area contributed by atoms with Crippen LogP contribution in [0.5, 0.6) is 0 Å². The van der Waals surface area contributed by atoms with Gasteiger partial charge in [0.15, 0.2) is 0 Å². The first-order chi connectivity index (χ1) is 6.99. The van der Waals surface area contributed by atoms with Gasteiger partial charge < -0.3 is 11.1 Å². The third-order valence-corrected chi connectivity index (χ3v) is 1.91. The van der Waals surface area contributed by atoms with Gasteiger partial charge in [0, 0.05) is 12.5 Å². The molecule has 0 radical (unpaired) electrons. The molecule has 0 aliphatic carbocycles. The third-order valence-electron chi connectivity index (χ3n) is 1.91. The van der Waals surface area contributed by atoms with E-state index in [0.29, 0.717) is 0 Å². The number of nitrogens with one attached hydrogen (secondary N) is 1. The lowest BCUT2D eigenvalue weighted by Crippen LogP contribution is -2.24. The second-order valence-corrected chi connectivity index (χ2v) is 3.71. The molecule has 0 aliphatic heterocycles. The highest BCUT2D eigenvalue weighted by molar-refractivity contribution is 5.91. The number of carbonyl (C=O) groups excluding carboxylic acids is 1. The lowest BCUT2D eigenvalue weighted by Gasteiger charge is -2.08. The lowest BCUT2D eigenvalue weighted by atomic mass is 10.2. The van der Waals surface area contributed by atoms with Crippen molar-refractivity contribution in [2.45, 2.75) is 26.3 Å². The van der Waals surface area contributed by atoms with Crippen molar-refractivity contribution >= 4 is 24.0 Å². The van der Waals surface area contributed by atoms with Crippen molar-refractivity contribution in [3.8, 4) is 0 Å². The van der Waals surface area contributed by atoms with Crippen LogP contribution in [0.15, 0.2) is 18.2 Å². The number of hydrogen-bond acceptors (Lipinski definition) is 2. The molecular weight excluding hydrogens is 231 g/mol. The van der Waals surface area contributed by atoms with Gasteiger partial charge in [-0.1, -0.05) is 6.07 Å². The van der Waals surface area contributed by atoms with Gasteiger partial charge in [0.25, 0.3) is 0 Å². The van der Waals surface area contributed by atoms with Gasteiger partial charge in [0.1, 0.15) is 5.82 Å². The summed E-state index contributed by atoms with van der Waals surface area (Å²) in [6.07, 6.45) is 0.188. The van der Waals surface area contributed by atoms with Crippen molar-refractivity contribution in [2.24, 2.45) is 5.73 Å². The summed E-state index contributed by atoms with van der Waals surface area (Å²) < 4.78 is 13.3. The monoisotopic (exact) mass is 246 g/mol. The number of amides is 1. The first kappa shape index (κ1) is 14.9.